The standard InChI is InChI=1S/C26H25BrF2O2/c1-17-6-7-18(4-3-5-19-10-12-22(28)16-24(19)29)8-9-20(14-17)26(30)23-15-21(27)11-13-25(23)31-2/h7-17H,3-6H2,1-2H3/b9-8-,18-7+,20-14+. The number of hydrogen-bond acceptors (Lipinski definition) is 2. The second kappa shape index (κ2) is 10.7. The third kappa shape index (κ3) is 6.23. The third-order valence-corrected chi connectivity index (χ3v) is 5.78. The van der Waals surface area contributed by atoms with Gasteiger partial charge in [-0.1, -0.05) is 58.8 Å². The van der Waals surface area contributed by atoms with Crippen LogP contribution in [0.1, 0.15) is 42.1 Å². The van der Waals surface area contributed by atoms with Crippen LogP contribution >= 0.6 is 15.9 Å². The number of ketones is 1. The van der Waals surface area contributed by atoms with Gasteiger partial charge in [-0.2, -0.15) is 0 Å². The van der Waals surface area contributed by atoms with Gasteiger partial charge in [0.15, 0.2) is 5.78 Å². The number of carbonyl (C=O) groups excluding carboxylic acids is 1. The summed E-state index contributed by atoms with van der Waals surface area (Å²) in [7, 11) is 1.55. The van der Waals surface area contributed by atoms with Gasteiger partial charge < -0.3 is 4.74 Å². The van der Waals surface area contributed by atoms with Crippen LogP contribution in [0.4, 0.5) is 8.78 Å². The van der Waals surface area contributed by atoms with Crippen LogP contribution in [-0.4, -0.2) is 12.9 Å². The molecule has 1 aliphatic rings. The number of hydrogen-bond donors (Lipinski definition) is 0. The Morgan fingerprint density at radius 3 is 2.68 bits per heavy atom. The predicted molar refractivity (Wildman–Crippen MR) is 123 cm³/mol. The van der Waals surface area contributed by atoms with Crippen LogP contribution in [0, 0.1) is 17.6 Å². The Morgan fingerprint density at radius 1 is 1.13 bits per heavy atom. The highest BCUT2D eigenvalue weighted by Gasteiger charge is 2.17. The van der Waals surface area contributed by atoms with Crippen LogP contribution in [0.5, 0.6) is 5.75 Å². The van der Waals surface area contributed by atoms with Crippen LogP contribution in [0.2, 0.25) is 0 Å². The number of halogens is 3. The van der Waals surface area contributed by atoms with Gasteiger partial charge >= 0.3 is 0 Å². The summed E-state index contributed by atoms with van der Waals surface area (Å²) in [4.78, 5) is 13.2. The summed E-state index contributed by atoms with van der Waals surface area (Å²) in [6.07, 6.45) is 10.8. The molecule has 2 nitrogen and oxygen atoms in total. The van der Waals surface area contributed by atoms with E-state index >= 15 is 0 Å². The Morgan fingerprint density at radius 2 is 1.94 bits per heavy atom. The minimum Gasteiger partial charge on any atom is -0.496 e. The van der Waals surface area contributed by atoms with Crippen molar-refractivity contribution in [2.75, 3.05) is 7.11 Å². The minimum absolute atomic E-state index is 0.0871. The number of benzene rings is 2. The highest BCUT2D eigenvalue weighted by molar-refractivity contribution is 9.10. The van der Waals surface area contributed by atoms with Crippen molar-refractivity contribution in [1.29, 1.82) is 0 Å². The summed E-state index contributed by atoms with van der Waals surface area (Å²) in [5, 5.41) is 0. The zero-order valence-corrected chi connectivity index (χ0v) is 19.2. The summed E-state index contributed by atoms with van der Waals surface area (Å²) in [6, 6.07) is 9.09. The van der Waals surface area contributed by atoms with Gasteiger partial charge in [-0.15, -0.1) is 0 Å². The Labute approximate surface area is 190 Å². The molecular formula is C26H25BrF2O2. The molecule has 0 heterocycles. The van der Waals surface area contributed by atoms with Crippen molar-refractivity contribution in [2.24, 2.45) is 5.92 Å². The van der Waals surface area contributed by atoms with Crippen LogP contribution in [0.15, 0.2) is 76.3 Å². The van der Waals surface area contributed by atoms with Crippen molar-refractivity contribution < 1.29 is 18.3 Å². The highest BCUT2D eigenvalue weighted by Crippen LogP contribution is 2.28. The molecule has 162 valence electrons. The van der Waals surface area contributed by atoms with Gasteiger partial charge in [0.05, 0.1) is 12.7 Å². The van der Waals surface area contributed by atoms with Crippen LogP contribution in [0.3, 0.4) is 0 Å². The number of allylic oxidation sites excluding steroid dienone is 6. The topological polar surface area (TPSA) is 26.3 Å². The molecule has 0 aliphatic heterocycles. The lowest BCUT2D eigenvalue weighted by Crippen LogP contribution is -2.07. The molecule has 0 aromatic heterocycles. The van der Waals surface area contributed by atoms with Gasteiger partial charge in [-0.3, -0.25) is 4.79 Å². The van der Waals surface area contributed by atoms with Crippen molar-refractivity contribution >= 4 is 21.7 Å². The first kappa shape index (κ1) is 23.1. The molecule has 0 amide bonds. The first-order valence-electron chi connectivity index (χ1n) is 10.3. The number of carbonyl (C=O) groups is 1. The van der Waals surface area contributed by atoms with Gasteiger partial charge in [0, 0.05) is 16.1 Å². The van der Waals surface area contributed by atoms with Crippen molar-refractivity contribution in [3.8, 4) is 5.75 Å². The van der Waals surface area contributed by atoms with Crippen LogP contribution in [0.25, 0.3) is 0 Å². The average Bonchev–Trinajstić information content (AvgIpc) is 2.73. The van der Waals surface area contributed by atoms with Gasteiger partial charge in [0.1, 0.15) is 17.4 Å². The zero-order valence-electron chi connectivity index (χ0n) is 17.6. The van der Waals surface area contributed by atoms with E-state index in [-0.39, 0.29) is 11.7 Å². The SMILES string of the molecule is COc1ccc(Br)cc1C(=O)C1=C/C(C)C/C=C(CCCc2ccc(F)cc2F)/C=C\1. The number of ether oxygens (including phenoxy) is 1. The predicted octanol–water partition coefficient (Wildman–Crippen LogP) is 7.39. The number of rotatable bonds is 7. The summed E-state index contributed by atoms with van der Waals surface area (Å²) in [5.74, 6) is -0.418. The monoisotopic (exact) mass is 486 g/mol. The molecule has 31 heavy (non-hydrogen) atoms. The van der Waals surface area contributed by atoms with E-state index in [0.29, 0.717) is 28.9 Å². The maximum atomic E-state index is 13.9. The Kier molecular flexibility index (Phi) is 7.97. The normalized spacial score (nSPS) is 20.6. The summed E-state index contributed by atoms with van der Waals surface area (Å²) in [6.45, 7) is 2.08. The van der Waals surface area contributed by atoms with Crippen LogP contribution in [-0.2, 0) is 6.42 Å². The second-order valence-electron chi connectivity index (χ2n) is 7.71. The third-order valence-electron chi connectivity index (χ3n) is 5.29. The Bertz CT molecular complexity index is 1050. The summed E-state index contributed by atoms with van der Waals surface area (Å²) in [5.41, 5.74) is 2.76. The lowest BCUT2D eigenvalue weighted by molar-refractivity contribution is 0.103. The lowest BCUT2D eigenvalue weighted by atomic mass is 9.92. The number of aryl methyl sites for hydroxylation is 1. The molecular weight excluding hydrogens is 462 g/mol. The molecule has 3 rings (SSSR count). The second-order valence-corrected chi connectivity index (χ2v) is 8.63. The van der Waals surface area contributed by atoms with E-state index in [1.54, 1.807) is 19.2 Å². The molecule has 0 saturated heterocycles. The first-order valence-corrected chi connectivity index (χ1v) is 11.1. The quantitative estimate of drug-likeness (QED) is 0.381. The fourth-order valence-electron chi connectivity index (χ4n) is 3.59. The zero-order chi connectivity index (χ0) is 22.4. The average molecular weight is 487 g/mol. The maximum Gasteiger partial charge on any atom is 0.196 e. The Balaban J connectivity index is 1.72. The molecule has 1 unspecified atom stereocenters. The van der Waals surface area contributed by atoms with Crippen molar-refractivity contribution in [3.63, 3.8) is 0 Å². The molecule has 0 bridgehead atoms. The van der Waals surface area contributed by atoms with Gasteiger partial charge in [0.2, 0.25) is 0 Å². The molecule has 1 atom stereocenters. The molecule has 2 aromatic carbocycles. The first-order chi connectivity index (χ1) is 14.9. The van der Waals surface area contributed by atoms with Crippen molar-refractivity contribution in [2.45, 2.75) is 32.6 Å². The smallest absolute Gasteiger partial charge is 0.196 e. The molecule has 0 fully saturated rings. The van der Waals surface area contributed by atoms with Gasteiger partial charge in [0.25, 0.3) is 0 Å². The Hall–Kier alpha value is -2.53. The summed E-state index contributed by atoms with van der Waals surface area (Å²) >= 11 is 3.42. The van der Waals surface area contributed by atoms with Crippen LogP contribution < -0.4 is 4.74 Å². The highest BCUT2D eigenvalue weighted by atomic mass is 79.9. The van der Waals surface area contributed by atoms with E-state index in [0.717, 1.165) is 35.4 Å². The van der Waals surface area contributed by atoms with E-state index in [4.69, 9.17) is 4.74 Å². The number of Topliss-reactive ketones (excluding diaryl/α,β-unsaturated/α-hetero) is 1. The van der Waals surface area contributed by atoms with Gasteiger partial charge in [-0.25, -0.2) is 8.78 Å². The van der Waals surface area contributed by atoms with Gasteiger partial charge in [-0.05, 0) is 61.4 Å². The molecule has 2 aromatic rings. The molecule has 0 saturated carbocycles. The van der Waals surface area contributed by atoms with Crippen molar-refractivity contribution in [3.05, 3.63) is 99.1 Å². The molecule has 0 N–H and O–H groups in total. The van der Waals surface area contributed by atoms with E-state index in [1.807, 2.05) is 24.3 Å². The fraction of sp³-hybridized carbons (Fsp3) is 0.269. The fourth-order valence-corrected chi connectivity index (χ4v) is 3.95. The van der Waals surface area contributed by atoms with E-state index in [1.165, 1.54) is 12.1 Å². The van der Waals surface area contributed by atoms with E-state index < -0.39 is 11.6 Å². The number of methoxy groups -OCH3 is 1. The summed E-state index contributed by atoms with van der Waals surface area (Å²) < 4.78 is 33.1. The maximum absolute atomic E-state index is 13.9. The molecule has 1 aliphatic carbocycles. The van der Waals surface area contributed by atoms with E-state index in [2.05, 4.69) is 28.9 Å². The molecule has 0 spiro atoms. The molecule has 5 heteroatoms. The lowest BCUT2D eigenvalue weighted by Gasteiger charge is -2.14. The molecule has 0 radical (unpaired) electrons. The van der Waals surface area contributed by atoms with Crippen molar-refractivity contribution in [1.82, 2.24) is 0 Å². The largest absolute Gasteiger partial charge is 0.496 e. The van der Waals surface area contributed by atoms with E-state index in [9.17, 15) is 13.6 Å². The minimum atomic E-state index is -0.563.